The number of nitrogens with one attached hydrogen (secondary N) is 2. The van der Waals surface area contributed by atoms with Crippen molar-refractivity contribution in [1.82, 2.24) is 10.4 Å². The molecule has 0 bridgehead atoms. The van der Waals surface area contributed by atoms with Crippen molar-refractivity contribution in [1.29, 1.82) is 0 Å². The number of benzene rings is 4. The number of nitrogens with zero attached hydrogens (tertiary/aromatic N) is 1. The van der Waals surface area contributed by atoms with Crippen LogP contribution in [0.3, 0.4) is 0 Å². The van der Waals surface area contributed by atoms with Crippen molar-refractivity contribution in [3.63, 3.8) is 0 Å². The molecule has 0 fully saturated rings. The third-order valence-electron chi connectivity index (χ3n) is 7.14. The van der Waals surface area contributed by atoms with Crippen LogP contribution in [-0.4, -0.2) is 42.9 Å². The van der Waals surface area contributed by atoms with Crippen molar-refractivity contribution in [3.8, 4) is 34.1 Å². The third kappa shape index (κ3) is 7.81. The number of hydrogen-bond acceptors (Lipinski definition) is 7. The highest BCUT2D eigenvalue weighted by Gasteiger charge is 2.35. The van der Waals surface area contributed by atoms with Crippen molar-refractivity contribution in [3.05, 3.63) is 106 Å². The summed E-state index contributed by atoms with van der Waals surface area (Å²) < 4.78 is 64.1. The molecule has 1 aromatic heterocycles. The number of carbonyl (C=O) groups is 2. The zero-order valence-electron chi connectivity index (χ0n) is 26.6. The molecule has 0 spiro atoms. The molecule has 49 heavy (non-hydrogen) atoms. The standard InChI is InChI=1S/C36H31ClF3N3O6/c1-4-46-27-17-15-22(19-30(27)48-6-3)35(45)49-28-16-14-21(18-29(28)47-5-2)20-41-43-34(44)33-31(23-10-7-8-13-26(23)37)24-11-9-12-25(32(24)42-33)36(38,39)40/h7-20,42H,4-6H2,1-3H3,(H,43,44). The predicted molar refractivity (Wildman–Crippen MR) is 180 cm³/mol. The fraction of sp³-hybridized carbons (Fsp3) is 0.194. The first-order valence-corrected chi connectivity index (χ1v) is 15.6. The highest BCUT2D eigenvalue weighted by atomic mass is 35.5. The van der Waals surface area contributed by atoms with E-state index in [1.165, 1.54) is 30.5 Å². The summed E-state index contributed by atoms with van der Waals surface area (Å²) in [7, 11) is 0. The van der Waals surface area contributed by atoms with Crippen molar-refractivity contribution >= 4 is 40.6 Å². The average molecular weight is 694 g/mol. The number of para-hydroxylation sites is 1. The van der Waals surface area contributed by atoms with Gasteiger partial charge in [-0.1, -0.05) is 41.9 Å². The Morgan fingerprint density at radius 1 is 0.837 bits per heavy atom. The van der Waals surface area contributed by atoms with Gasteiger partial charge in [0.1, 0.15) is 5.69 Å². The van der Waals surface area contributed by atoms with E-state index >= 15 is 0 Å². The van der Waals surface area contributed by atoms with Gasteiger partial charge < -0.3 is 23.9 Å². The lowest BCUT2D eigenvalue weighted by atomic mass is 10.00. The smallest absolute Gasteiger partial charge is 0.418 e. The van der Waals surface area contributed by atoms with Crippen LogP contribution in [0.25, 0.3) is 22.0 Å². The molecular weight excluding hydrogens is 663 g/mol. The number of halogens is 4. The molecule has 13 heteroatoms. The van der Waals surface area contributed by atoms with Gasteiger partial charge in [-0.15, -0.1) is 0 Å². The first kappa shape index (κ1) is 34.8. The molecule has 9 nitrogen and oxygen atoms in total. The normalized spacial score (nSPS) is 11.5. The Kier molecular flexibility index (Phi) is 10.8. The molecule has 0 unspecified atom stereocenters. The van der Waals surface area contributed by atoms with Crippen LogP contribution >= 0.6 is 11.6 Å². The van der Waals surface area contributed by atoms with Crippen LogP contribution in [0.4, 0.5) is 13.2 Å². The van der Waals surface area contributed by atoms with Crippen molar-refractivity contribution in [2.75, 3.05) is 19.8 Å². The van der Waals surface area contributed by atoms with Gasteiger partial charge in [0.2, 0.25) is 0 Å². The van der Waals surface area contributed by atoms with E-state index in [4.69, 9.17) is 30.5 Å². The molecule has 2 N–H and O–H groups in total. The van der Waals surface area contributed by atoms with Gasteiger partial charge in [0.15, 0.2) is 23.0 Å². The number of aromatic nitrogens is 1. The lowest BCUT2D eigenvalue weighted by Crippen LogP contribution is -2.19. The van der Waals surface area contributed by atoms with Crippen LogP contribution in [0.15, 0.2) is 84.0 Å². The minimum atomic E-state index is -4.67. The van der Waals surface area contributed by atoms with Gasteiger partial charge >= 0.3 is 12.1 Å². The summed E-state index contributed by atoms with van der Waals surface area (Å²) in [6.07, 6.45) is -3.36. The Hall–Kier alpha value is -5.49. The molecule has 0 aliphatic rings. The summed E-state index contributed by atoms with van der Waals surface area (Å²) >= 11 is 6.41. The molecule has 0 saturated heterocycles. The summed E-state index contributed by atoms with van der Waals surface area (Å²) in [4.78, 5) is 29.1. The molecule has 0 aliphatic carbocycles. The number of amides is 1. The first-order valence-electron chi connectivity index (χ1n) is 15.2. The van der Waals surface area contributed by atoms with Gasteiger partial charge in [-0.25, -0.2) is 10.2 Å². The average Bonchev–Trinajstić information content (AvgIpc) is 3.46. The third-order valence-corrected chi connectivity index (χ3v) is 7.47. The predicted octanol–water partition coefficient (Wildman–Crippen LogP) is 8.69. The molecule has 0 saturated carbocycles. The van der Waals surface area contributed by atoms with Crippen molar-refractivity contribution in [2.45, 2.75) is 26.9 Å². The summed E-state index contributed by atoms with van der Waals surface area (Å²) in [6.45, 7) is 6.47. The summed E-state index contributed by atoms with van der Waals surface area (Å²) in [5.41, 5.74) is 2.29. The number of alkyl halides is 3. The first-order chi connectivity index (χ1) is 23.5. The molecule has 1 amide bonds. The number of hydrazone groups is 1. The maximum absolute atomic E-state index is 13.9. The van der Waals surface area contributed by atoms with E-state index in [0.717, 1.165) is 6.07 Å². The van der Waals surface area contributed by atoms with Crippen LogP contribution < -0.4 is 24.4 Å². The van der Waals surface area contributed by atoms with E-state index < -0.39 is 23.6 Å². The second kappa shape index (κ2) is 15.2. The SMILES string of the molecule is CCOc1ccc(C(=O)Oc2ccc(C=NNC(=O)c3[nH]c4c(C(F)(F)F)cccc4c3-c3ccccc3Cl)cc2OCC)cc1OCC. The Labute approximate surface area is 284 Å². The maximum atomic E-state index is 13.9. The summed E-state index contributed by atoms with van der Waals surface area (Å²) in [6, 6.07) is 19.6. The van der Waals surface area contributed by atoms with E-state index in [9.17, 15) is 22.8 Å². The minimum absolute atomic E-state index is 0.141. The van der Waals surface area contributed by atoms with Gasteiger partial charge in [0, 0.05) is 21.5 Å². The van der Waals surface area contributed by atoms with Crippen LogP contribution in [0.1, 0.15) is 52.7 Å². The van der Waals surface area contributed by atoms with Crippen molar-refractivity contribution < 1.29 is 41.7 Å². The van der Waals surface area contributed by atoms with Gasteiger partial charge in [-0.05, 0) is 74.9 Å². The fourth-order valence-corrected chi connectivity index (χ4v) is 5.31. The van der Waals surface area contributed by atoms with Crippen LogP contribution in [-0.2, 0) is 6.18 Å². The molecule has 0 atom stereocenters. The zero-order chi connectivity index (χ0) is 35.1. The summed E-state index contributed by atoms with van der Waals surface area (Å²) in [5.74, 6) is -0.166. The number of esters is 1. The second-order valence-electron chi connectivity index (χ2n) is 10.3. The summed E-state index contributed by atoms with van der Waals surface area (Å²) in [5, 5.41) is 4.44. The quantitative estimate of drug-likeness (QED) is 0.0586. The zero-order valence-corrected chi connectivity index (χ0v) is 27.4. The number of fused-ring (bicyclic) bond motifs is 1. The largest absolute Gasteiger partial charge is 0.490 e. The van der Waals surface area contributed by atoms with Gasteiger partial charge in [-0.3, -0.25) is 4.79 Å². The highest BCUT2D eigenvalue weighted by Crippen LogP contribution is 2.41. The molecular formula is C36H31ClF3N3O6. The Morgan fingerprint density at radius 3 is 2.20 bits per heavy atom. The van der Waals surface area contributed by atoms with E-state index in [1.807, 2.05) is 13.8 Å². The van der Waals surface area contributed by atoms with Gasteiger partial charge in [0.25, 0.3) is 5.91 Å². The Balaban J connectivity index is 1.39. The van der Waals surface area contributed by atoms with Crippen LogP contribution in [0.5, 0.6) is 23.0 Å². The maximum Gasteiger partial charge on any atom is 0.418 e. The Morgan fingerprint density at radius 2 is 1.51 bits per heavy atom. The molecule has 5 rings (SSSR count). The number of rotatable bonds is 12. The highest BCUT2D eigenvalue weighted by molar-refractivity contribution is 6.34. The molecule has 0 radical (unpaired) electrons. The second-order valence-corrected chi connectivity index (χ2v) is 10.7. The number of aromatic amines is 1. The molecule has 4 aromatic carbocycles. The van der Waals surface area contributed by atoms with E-state index in [-0.39, 0.29) is 50.9 Å². The number of carbonyl (C=O) groups excluding carboxylic acids is 2. The number of H-pyrrole nitrogens is 1. The molecule has 254 valence electrons. The van der Waals surface area contributed by atoms with E-state index in [0.29, 0.717) is 35.8 Å². The van der Waals surface area contributed by atoms with Gasteiger partial charge in [0.05, 0.1) is 42.7 Å². The molecule has 0 aliphatic heterocycles. The van der Waals surface area contributed by atoms with Gasteiger partial charge in [-0.2, -0.15) is 18.3 Å². The van der Waals surface area contributed by atoms with Crippen molar-refractivity contribution in [2.24, 2.45) is 5.10 Å². The van der Waals surface area contributed by atoms with E-state index in [1.54, 1.807) is 55.5 Å². The molecule has 1 heterocycles. The minimum Gasteiger partial charge on any atom is -0.490 e. The lowest BCUT2D eigenvalue weighted by Gasteiger charge is -2.13. The monoisotopic (exact) mass is 693 g/mol. The van der Waals surface area contributed by atoms with E-state index in [2.05, 4.69) is 15.5 Å². The van der Waals surface area contributed by atoms with Crippen LogP contribution in [0.2, 0.25) is 5.02 Å². The fourth-order valence-electron chi connectivity index (χ4n) is 5.08. The van der Waals surface area contributed by atoms with Crippen LogP contribution in [0, 0.1) is 0 Å². The molecule has 5 aromatic rings. The number of hydrogen-bond donors (Lipinski definition) is 2. The topological polar surface area (TPSA) is 111 Å². The number of ether oxygens (including phenoxy) is 4. The lowest BCUT2D eigenvalue weighted by molar-refractivity contribution is -0.136. The Bertz CT molecular complexity index is 2030.